The van der Waals surface area contributed by atoms with Crippen LogP contribution in [0.5, 0.6) is 0 Å². The fourth-order valence-electron chi connectivity index (χ4n) is 1.02. The molecular formula is C9H14ClNO. The minimum absolute atomic E-state index is 0.664. The zero-order valence-electron chi connectivity index (χ0n) is 7.27. The average Bonchev–Trinajstić information content (AvgIpc) is 2.45. The van der Waals surface area contributed by atoms with Crippen molar-refractivity contribution in [2.75, 3.05) is 19.0 Å². The fourth-order valence-corrected chi connectivity index (χ4v) is 1.16. The van der Waals surface area contributed by atoms with Crippen LogP contribution in [-0.2, 0) is 6.42 Å². The van der Waals surface area contributed by atoms with Crippen LogP contribution in [0.2, 0.25) is 0 Å². The van der Waals surface area contributed by atoms with Crippen LogP contribution in [0.3, 0.4) is 0 Å². The van der Waals surface area contributed by atoms with Crippen LogP contribution >= 0.6 is 11.6 Å². The molecule has 2 nitrogen and oxygen atoms in total. The maximum absolute atomic E-state index is 5.50. The first-order valence-corrected chi connectivity index (χ1v) is 4.68. The molecular weight excluding hydrogens is 174 g/mol. The highest BCUT2D eigenvalue weighted by Crippen LogP contribution is 2.05. The second-order valence-corrected chi connectivity index (χ2v) is 3.08. The van der Waals surface area contributed by atoms with Crippen LogP contribution in [0.15, 0.2) is 16.5 Å². The molecule has 1 rings (SSSR count). The predicted octanol–water partition coefficient (Wildman–Crippen LogP) is 1.96. The lowest BCUT2D eigenvalue weighted by atomic mass is 10.3. The normalized spacial score (nSPS) is 10.5. The number of halogens is 1. The second kappa shape index (κ2) is 5.22. The van der Waals surface area contributed by atoms with Gasteiger partial charge in [0.05, 0.1) is 0 Å². The standard InChI is InChI=1S/C9H14ClNO/c1-8-2-3-9(12-8)4-6-11-7-5-10/h2-3,11H,4-7H2,1H3. The summed E-state index contributed by atoms with van der Waals surface area (Å²) in [5.74, 6) is 2.67. The third-order valence-corrected chi connectivity index (χ3v) is 1.80. The molecule has 1 aromatic rings. The van der Waals surface area contributed by atoms with Gasteiger partial charge >= 0.3 is 0 Å². The van der Waals surface area contributed by atoms with Crippen molar-refractivity contribution >= 4 is 11.6 Å². The van der Waals surface area contributed by atoms with Crippen molar-refractivity contribution in [2.24, 2.45) is 0 Å². The first kappa shape index (κ1) is 9.62. The molecule has 0 bridgehead atoms. The molecule has 3 heteroatoms. The van der Waals surface area contributed by atoms with Gasteiger partial charge < -0.3 is 9.73 Å². The molecule has 0 amide bonds. The highest BCUT2D eigenvalue weighted by Gasteiger charge is 1.96. The number of hydrogen-bond acceptors (Lipinski definition) is 2. The molecule has 1 heterocycles. The van der Waals surface area contributed by atoms with E-state index in [0.717, 1.165) is 31.0 Å². The highest BCUT2D eigenvalue weighted by molar-refractivity contribution is 6.18. The van der Waals surface area contributed by atoms with Crippen molar-refractivity contribution in [1.82, 2.24) is 5.32 Å². The van der Waals surface area contributed by atoms with E-state index in [9.17, 15) is 0 Å². The van der Waals surface area contributed by atoms with E-state index in [1.54, 1.807) is 0 Å². The summed E-state index contributed by atoms with van der Waals surface area (Å²) in [5, 5.41) is 3.20. The van der Waals surface area contributed by atoms with Gasteiger partial charge in [-0.15, -0.1) is 11.6 Å². The lowest BCUT2D eigenvalue weighted by molar-refractivity contribution is 0.477. The minimum Gasteiger partial charge on any atom is -0.466 e. The number of furan rings is 1. The molecule has 12 heavy (non-hydrogen) atoms. The number of nitrogens with one attached hydrogen (secondary N) is 1. The average molecular weight is 188 g/mol. The van der Waals surface area contributed by atoms with Crippen LogP contribution in [0.1, 0.15) is 11.5 Å². The van der Waals surface area contributed by atoms with Crippen LogP contribution in [0.4, 0.5) is 0 Å². The summed E-state index contributed by atoms with van der Waals surface area (Å²) in [6, 6.07) is 3.99. The van der Waals surface area contributed by atoms with E-state index < -0.39 is 0 Å². The zero-order chi connectivity index (χ0) is 8.81. The molecule has 1 N–H and O–H groups in total. The molecule has 0 saturated heterocycles. The van der Waals surface area contributed by atoms with E-state index in [-0.39, 0.29) is 0 Å². The molecule has 0 saturated carbocycles. The monoisotopic (exact) mass is 187 g/mol. The van der Waals surface area contributed by atoms with Gasteiger partial charge in [-0.1, -0.05) is 0 Å². The number of hydrogen-bond donors (Lipinski definition) is 1. The summed E-state index contributed by atoms with van der Waals surface area (Å²) in [7, 11) is 0. The van der Waals surface area contributed by atoms with E-state index in [1.807, 2.05) is 19.1 Å². The van der Waals surface area contributed by atoms with Gasteiger partial charge in [-0.05, 0) is 19.1 Å². The fraction of sp³-hybridized carbons (Fsp3) is 0.556. The van der Waals surface area contributed by atoms with Gasteiger partial charge in [-0.3, -0.25) is 0 Å². The largest absolute Gasteiger partial charge is 0.466 e. The summed E-state index contributed by atoms with van der Waals surface area (Å²) < 4.78 is 5.39. The van der Waals surface area contributed by atoms with Crippen LogP contribution in [0, 0.1) is 6.92 Å². The zero-order valence-corrected chi connectivity index (χ0v) is 8.03. The van der Waals surface area contributed by atoms with Crippen molar-refractivity contribution in [3.63, 3.8) is 0 Å². The molecule has 68 valence electrons. The minimum atomic E-state index is 0.664. The van der Waals surface area contributed by atoms with Crippen molar-refractivity contribution in [2.45, 2.75) is 13.3 Å². The summed E-state index contributed by atoms with van der Waals surface area (Å²) in [6.07, 6.45) is 0.935. The molecule has 0 fully saturated rings. The van der Waals surface area contributed by atoms with Crippen LogP contribution in [0.25, 0.3) is 0 Å². The molecule has 0 aromatic carbocycles. The van der Waals surface area contributed by atoms with Crippen LogP contribution in [-0.4, -0.2) is 19.0 Å². The van der Waals surface area contributed by atoms with Gasteiger partial charge in [0.2, 0.25) is 0 Å². The molecule has 0 aliphatic heterocycles. The van der Waals surface area contributed by atoms with Gasteiger partial charge in [0, 0.05) is 25.4 Å². The number of alkyl halides is 1. The van der Waals surface area contributed by atoms with Gasteiger partial charge in [-0.2, -0.15) is 0 Å². The maximum atomic E-state index is 5.50. The molecule has 0 atom stereocenters. The molecule has 0 aliphatic rings. The summed E-state index contributed by atoms with van der Waals surface area (Å²) in [4.78, 5) is 0. The van der Waals surface area contributed by atoms with Gasteiger partial charge in [0.1, 0.15) is 11.5 Å². The Kier molecular flexibility index (Phi) is 4.19. The number of aryl methyl sites for hydroxylation is 1. The highest BCUT2D eigenvalue weighted by atomic mass is 35.5. The number of rotatable bonds is 5. The Balaban J connectivity index is 2.15. The van der Waals surface area contributed by atoms with E-state index >= 15 is 0 Å². The van der Waals surface area contributed by atoms with E-state index in [4.69, 9.17) is 16.0 Å². The Hall–Kier alpha value is -0.470. The summed E-state index contributed by atoms with van der Waals surface area (Å²) in [5.41, 5.74) is 0. The Morgan fingerprint density at radius 2 is 2.25 bits per heavy atom. The lowest BCUT2D eigenvalue weighted by Gasteiger charge is -1.98. The van der Waals surface area contributed by atoms with E-state index in [1.165, 1.54) is 0 Å². The first-order chi connectivity index (χ1) is 5.83. The van der Waals surface area contributed by atoms with Crippen molar-refractivity contribution in [1.29, 1.82) is 0 Å². The molecule has 1 aromatic heterocycles. The van der Waals surface area contributed by atoms with E-state index in [2.05, 4.69) is 5.32 Å². The van der Waals surface area contributed by atoms with Crippen LogP contribution < -0.4 is 5.32 Å². The van der Waals surface area contributed by atoms with Gasteiger partial charge in [0.15, 0.2) is 0 Å². The van der Waals surface area contributed by atoms with Crippen molar-refractivity contribution < 1.29 is 4.42 Å². The smallest absolute Gasteiger partial charge is 0.105 e. The van der Waals surface area contributed by atoms with E-state index in [0.29, 0.717) is 5.88 Å². The van der Waals surface area contributed by atoms with Gasteiger partial charge in [-0.25, -0.2) is 0 Å². The topological polar surface area (TPSA) is 25.2 Å². The Morgan fingerprint density at radius 3 is 2.83 bits per heavy atom. The predicted molar refractivity (Wildman–Crippen MR) is 50.7 cm³/mol. The molecule has 0 aliphatic carbocycles. The van der Waals surface area contributed by atoms with Crippen molar-refractivity contribution in [3.05, 3.63) is 23.7 Å². The second-order valence-electron chi connectivity index (χ2n) is 2.70. The Morgan fingerprint density at radius 1 is 1.42 bits per heavy atom. The van der Waals surface area contributed by atoms with Gasteiger partial charge in [0.25, 0.3) is 0 Å². The SMILES string of the molecule is Cc1ccc(CCNCCCl)o1. The third-order valence-electron chi connectivity index (χ3n) is 1.62. The third kappa shape index (κ3) is 3.28. The quantitative estimate of drug-likeness (QED) is 0.563. The first-order valence-electron chi connectivity index (χ1n) is 4.15. The lowest BCUT2D eigenvalue weighted by Crippen LogP contribution is -2.19. The Labute approximate surface area is 77.9 Å². The summed E-state index contributed by atoms with van der Waals surface area (Å²) >= 11 is 5.50. The molecule has 0 spiro atoms. The molecule has 0 unspecified atom stereocenters. The molecule has 0 radical (unpaired) electrons. The van der Waals surface area contributed by atoms with Crippen molar-refractivity contribution in [3.8, 4) is 0 Å². The maximum Gasteiger partial charge on any atom is 0.105 e. The Bertz CT molecular complexity index is 222. The summed E-state index contributed by atoms with van der Waals surface area (Å²) in [6.45, 7) is 3.75.